The van der Waals surface area contributed by atoms with Gasteiger partial charge in [-0.1, -0.05) is 13.0 Å². The largest absolute Gasteiger partial charge is 0.493 e. The van der Waals surface area contributed by atoms with Crippen LogP contribution in [0.4, 0.5) is 0 Å². The molecule has 36 heavy (non-hydrogen) atoms. The van der Waals surface area contributed by atoms with Crippen molar-refractivity contribution in [1.29, 1.82) is 0 Å². The summed E-state index contributed by atoms with van der Waals surface area (Å²) in [6, 6.07) is 9.31. The van der Waals surface area contributed by atoms with Crippen LogP contribution in [-0.4, -0.2) is 38.1 Å². The van der Waals surface area contributed by atoms with Crippen LogP contribution < -0.4 is 19.5 Å². The van der Waals surface area contributed by atoms with E-state index in [1.165, 1.54) is 0 Å². The molecule has 0 unspecified atom stereocenters. The van der Waals surface area contributed by atoms with Gasteiger partial charge in [-0.25, -0.2) is 0 Å². The summed E-state index contributed by atoms with van der Waals surface area (Å²) in [5.41, 5.74) is 2.35. The first-order valence-corrected chi connectivity index (χ1v) is 12.6. The van der Waals surface area contributed by atoms with Crippen LogP contribution in [-0.2, 0) is 6.42 Å². The van der Waals surface area contributed by atoms with E-state index in [0.717, 1.165) is 31.2 Å². The number of ketones is 1. The molecule has 3 aromatic rings. The van der Waals surface area contributed by atoms with Crippen molar-refractivity contribution in [2.75, 3.05) is 20.8 Å². The van der Waals surface area contributed by atoms with Crippen LogP contribution in [0, 0.1) is 12.8 Å². The molecule has 2 aliphatic rings. The molecule has 1 N–H and O–H groups in total. The molecule has 0 radical (unpaired) electrons. The first-order valence-electron chi connectivity index (χ1n) is 12.6. The lowest BCUT2D eigenvalue weighted by Crippen LogP contribution is -2.44. The number of benzene rings is 2. The first-order chi connectivity index (χ1) is 17.3. The Morgan fingerprint density at radius 2 is 1.86 bits per heavy atom. The zero-order valence-electron chi connectivity index (χ0n) is 21.4. The van der Waals surface area contributed by atoms with E-state index in [9.17, 15) is 9.59 Å². The van der Waals surface area contributed by atoms with Crippen molar-refractivity contribution in [3.63, 3.8) is 0 Å². The average Bonchev–Trinajstić information content (AvgIpc) is 3.22. The zero-order chi connectivity index (χ0) is 25.4. The molecule has 1 amide bonds. The summed E-state index contributed by atoms with van der Waals surface area (Å²) in [5.74, 6) is 2.58. The molecule has 1 aromatic heterocycles. The van der Waals surface area contributed by atoms with Gasteiger partial charge in [0.25, 0.3) is 5.91 Å². The van der Waals surface area contributed by atoms with E-state index in [2.05, 4.69) is 12.2 Å². The fraction of sp³-hybridized carbons (Fsp3) is 0.448. The van der Waals surface area contributed by atoms with Gasteiger partial charge in [0.2, 0.25) is 0 Å². The normalized spacial score (nSPS) is 21.2. The minimum atomic E-state index is -0.397. The molecule has 1 saturated carbocycles. The maximum atomic E-state index is 13.4. The van der Waals surface area contributed by atoms with Gasteiger partial charge in [0.15, 0.2) is 23.0 Å². The van der Waals surface area contributed by atoms with Crippen LogP contribution in [0.3, 0.4) is 0 Å². The first kappa shape index (κ1) is 24.2. The molecule has 2 heterocycles. The summed E-state index contributed by atoms with van der Waals surface area (Å²) in [6.45, 7) is 4.51. The minimum Gasteiger partial charge on any atom is -0.493 e. The summed E-state index contributed by atoms with van der Waals surface area (Å²) in [7, 11) is 3.19. The second kappa shape index (κ2) is 9.52. The number of carbonyl (C=O) groups is 2. The Kier molecular flexibility index (Phi) is 6.41. The Labute approximate surface area is 211 Å². The third-order valence-electron chi connectivity index (χ3n) is 7.68. The topological polar surface area (TPSA) is 87.0 Å². The van der Waals surface area contributed by atoms with Crippen LogP contribution >= 0.6 is 0 Å². The van der Waals surface area contributed by atoms with Crippen LogP contribution in [0.25, 0.3) is 11.0 Å². The van der Waals surface area contributed by atoms with Crippen molar-refractivity contribution in [1.82, 2.24) is 5.32 Å². The number of nitrogens with one attached hydrogen (secondary N) is 1. The number of hydrogen-bond donors (Lipinski definition) is 1. The monoisotopic (exact) mass is 491 g/mol. The quantitative estimate of drug-likeness (QED) is 0.480. The molecule has 1 aliphatic heterocycles. The van der Waals surface area contributed by atoms with Crippen LogP contribution in [0.15, 0.2) is 34.7 Å². The maximum Gasteiger partial charge on any atom is 0.287 e. The predicted molar refractivity (Wildman–Crippen MR) is 136 cm³/mol. The Balaban J connectivity index is 1.34. The summed E-state index contributed by atoms with van der Waals surface area (Å²) < 4.78 is 23.0. The fourth-order valence-corrected chi connectivity index (χ4v) is 5.55. The van der Waals surface area contributed by atoms with Gasteiger partial charge in [0, 0.05) is 17.5 Å². The molecule has 7 nitrogen and oxygen atoms in total. The molecule has 1 aliphatic carbocycles. The van der Waals surface area contributed by atoms with Gasteiger partial charge in [-0.05, 0) is 74.8 Å². The van der Waals surface area contributed by atoms with Gasteiger partial charge in [-0.15, -0.1) is 0 Å². The standard InChI is InChI=1S/C29H33NO6/c1-17-9-12-29(13-10-17)16-20(31)26-23(36-29)8-7-22-25(26)18(2)27(35-22)28(32)30-14-11-19-5-6-21(33-3)24(15-19)34-4/h5-8,15,17H,9-14,16H2,1-4H3,(H,30,32). The van der Waals surface area contributed by atoms with E-state index in [-0.39, 0.29) is 17.5 Å². The van der Waals surface area contributed by atoms with Crippen molar-refractivity contribution in [2.45, 2.75) is 58.0 Å². The lowest BCUT2D eigenvalue weighted by atomic mass is 9.74. The van der Waals surface area contributed by atoms with Gasteiger partial charge >= 0.3 is 0 Å². The second-order valence-corrected chi connectivity index (χ2v) is 10.1. The van der Waals surface area contributed by atoms with Gasteiger partial charge in [-0.2, -0.15) is 0 Å². The minimum absolute atomic E-state index is 0.0701. The van der Waals surface area contributed by atoms with Gasteiger partial charge in [-0.3, -0.25) is 9.59 Å². The van der Waals surface area contributed by atoms with E-state index < -0.39 is 5.60 Å². The van der Waals surface area contributed by atoms with Gasteiger partial charge in [0.05, 0.1) is 26.2 Å². The highest BCUT2D eigenvalue weighted by Gasteiger charge is 2.43. The fourth-order valence-electron chi connectivity index (χ4n) is 5.55. The average molecular weight is 492 g/mol. The summed E-state index contributed by atoms with van der Waals surface area (Å²) in [6.07, 6.45) is 4.94. The number of aryl methyl sites for hydroxylation is 1. The number of furan rings is 1. The molecule has 0 saturated heterocycles. The molecule has 190 valence electrons. The maximum absolute atomic E-state index is 13.4. The number of fused-ring (bicyclic) bond motifs is 3. The lowest BCUT2D eigenvalue weighted by Gasteiger charge is -2.42. The number of methoxy groups -OCH3 is 2. The summed E-state index contributed by atoms with van der Waals surface area (Å²) in [5, 5.41) is 3.62. The molecule has 0 bridgehead atoms. The Morgan fingerprint density at radius 3 is 2.58 bits per heavy atom. The van der Waals surface area contributed by atoms with E-state index in [4.69, 9.17) is 18.6 Å². The predicted octanol–water partition coefficient (Wildman–Crippen LogP) is 5.65. The molecule has 7 heteroatoms. The van der Waals surface area contributed by atoms with Crippen LogP contribution in [0.2, 0.25) is 0 Å². The lowest BCUT2D eigenvalue weighted by molar-refractivity contribution is 0.00430. The van der Waals surface area contributed by atoms with Crippen molar-refractivity contribution in [3.8, 4) is 17.2 Å². The highest BCUT2D eigenvalue weighted by atomic mass is 16.5. The highest BCUT2D eigenvalue weighted by molar-refractivity contribution is 6.13. The number of ether oxygens (including phenoxy) is 3. The Bertz CT molecular complexity index is 1320. The Morgan fingerprint density at radius 1 is 1.11 bits per heavy atom. The van der Waals surface area contributed by atoms with Crippen molar-refractivity contribution >= 4 is 22.7 Å². The summed E-state index contributed by atoms with van der Waals surface area (Å²) in [4.78, 5) is 26.4. The number of hydrogen-bond acceptors (Lipinski definition) is 6. The van der Waals surface area contributed by atoms with E-state index in [0.29, 0.717) is 64.6 Å². The molecule has 1 fully saturated rings. The van der Waals surface area contributed by atoms with Crippen molar-refractivity contribution in [3.05, 3.63) is 52.8 Å². The number of rotatable bonds is 6. The van der Waals surface area contributed by atoms with E-state index in [1.54, 1.807) is 20.3 Å². The number of Topliss-reactive ketones (excluding diaryl/α,β-unsaturated/α-hetero) is 1. The highest BCUT2D eigenvalue weighted by Crippen LogP contribution is 2.46. The van der Waals surface area contributed by atoms with Crippen molar-refractivity contribution in [2.24, 2.45) is 5.92 Å². The van der Waals surface area contributed by atoms with Gasteiger partial charge in [0.1, 0.15) is 16.9 Å². The van der Waals surface area contributed by atoms with Crippen molar-refractivity contribution < 1.29 is 28.2 Å². The Hall–Kier alpha value is -3.48. The molecule has 2 aromatic carbocycles. The van der Waals surface area contributed by atoms with Crippen LogP contribution in [0.1, 0.15) is 71.1 Å². The molecule has 1 spiro atoms. The summed E-state index contributed by atoms with van der Waals surface area (Å²) >= 11 is 0. The molecule has 5 rings (SSSR count). The SMILES string of the molecule is COc1ccc(CCNC(=O)c2oc3ccc4c(c3c2C)C(=O)CC2(CCC(C)CC2)O4)cc1OC. The van der Waals surface area contributed by atoms with Gasteiger partial charge < -0.3 is 23.9 Å². The molecular formula is C29H33NO6. The third-order valence-corrected chi connectivity index (χ3v) is 7.68. The van der Waals surface area contributed by atoms with Crippen LogP contribution in [0.5, 0.6) is 17.2 Å². The van der Waals surface area contributed by atoms with E-state index in [1.807, 2.05) is 31.2 Å². The number of amides is 1. The smallest absolute Gasteiger partial charge is 0.287 e. The third kappa shape index (κ3) is 4.31. The zero-order valence-corrected chi connectivity index (χ0v) is 21.4. The molecular weight excluding hydrogens is 458 g/mol. The van der Waals surface area contributed by atoms with E-state index >= 15 is 0 Å². The second-order valence-electron chi connectivity index (χ2n) is 10.1. The molecule has 0 atom stereocenters. The number of carbonyl (C=O) groups excluding carboxylic acids is 2.